The van der Waals surface area contributed by atoms with Crippen molar-refractivity contribution in [1.82, 2.24) is 0 Å². The number of rotatable bonds is 2. The summed E-state index contributed by atoms with van der Waals surface area (Å²) in [5, 5.41) is 20.1. The summed E-state index contributed by atoms with van der Waals surface area (Å²) in [4.78, 5) is 0. The maximum Gasteiger partial charge on any atom is 0.143 e. The lowest BCUT2D eigenvalue weighted by molar-refractivity contribution is 0.674. The smallest absolute Gasteiger partial charge is 0.143 e. The molecule has 0 aliphatic rings. The number of hydrogen-bond acceptors (Lipinski definition) is 1. The molecule has 0 saturated carbocycles. The van der Waals surface area contributed by atoms with Crippen LogP contribution < -0.4 is 0 Å². The number of furan rings is 1. The van der Waals surface area contributed by atoms with E-state index in [9.17, 15) is 0 Å². The fourth-order valence-corrected chi connectivity index (χ4v) is 9.32. The van der Waals surface area contributed by atoms with Gasteiger partial charge in [0.15, 0.2) is 0 Å². The summed E-state index contributed by atoms with van der Waals surface area (Å²) < 4.78 is 6.80. The van der Waals surface area contributed by atoms with Crippen molar-refractivity contribution in [3.63, 3.8) is 0 Å². The minimum absolute atomic E-state index is 0.931. The third-order valence-electron chi connectivity index (χ3n) is 11.6. The second-order valence-electron chi connectivity index (χ2n) is 14.3. The first-order valence-electron chi connectivity index (χ1n) is 18.3. The summed E-state index contributed by atoms with van der Waals surface area (Å²) in [5.41, 5.74) is 6.60. The molecule has 1 aromatic heterocycles. The van der Waals surface area contributed by atoms with Crippen molar-refractivity contribution in [2.75, 3.05) is 0 Å². The summed E-state index contributed by atoms with van der Waals surface area (Å²) in [7, 11) is 0. The molecule has 0 N–H and O–H groups in total. The van der Waals surface area contributed by atoms with E-state index in [0.717, 1.165) is 32.9 Å². The van der Waals surface area contributed by atoms with Crippen molar-refractivity contribution in [3.8, 4) is 22.3 Å². The van der Waals surface area contributed by atoms with Crippen LogP contribution in [0.15, 0.2) is 186 Å². The second-order valence-corrected chi connectivity index (χ2v) is 14.3. The lowest BCUT2D eigenvalue weighted by Gasteiger charge is -2.17. The number of hydrogen-bond donors (Lipinski definition) is 0. The van der Waals surface area contributed by atoms with Gasteiger partial charge in [0.2, 0.25) is 0 Å². The van der Waals surface area contributed by atoms with Crippen molar-refractivity contribution in [1.29, 1.82) is 0 Å². The molecule has 11 aromatic carbocycles. The van der Waals surface area contributed by atoms with E-state index in [1.807, 2.05) is 0 Å². The number of benzene rings is 11. The van der Waals surface area contributed by atoms with Crippen LogP contribution >= 0.6 is 0 Å². The third kappa shape index (κ3) is 3.97. The molecule has 1 nitrogen and oxygen atoms in total. The van der Waals surface area contributed by atoms with Gasteiger partial charge in [-0.25, -0.2) is 0 Å². The Hall–Kier alpha value is -6.96. The van der Waals surface area contributed by atoms with Crippen LogP contribution in [-0.2, 0) is 0 Å². The van der Waals surface area contributed by atoms with Crippen LogP contribution in [0.5, 0.6) is 0 Å². The third-order valence-corrected chi connectivity index (χ3v) is 11.6. The summed E-state index contributed by atoms with van der Waals surface area (Å²) in [6.45, 7) is 0. The molecule has 0 atom stereocenters. The van der Waals surface area contributed by atoms with Gasteiger partial charge in [0.25, 0.3) is 0 Å². The minimum Gasteiger partial charge on any atom is -0.455 e. The van der Waals surface area contributed by atoms with Gasteiger partial charge in [-0.3, -0.25) is 0 Å². The fourth-order valence-electron chi connectivity index (χ4n) is 9.32. The molecular formula is C52H30O. The van der Waals surface area contributed by atoms with Crippen molar-refractivity contribution in [2.24, 2.45) is 0 Å². The number of para-hydroxylation sites is 1. The summed E-state index contributed by atoms with van der Waals surface area (Å²) in [6, 6.07) is 66.7. The first kappa shape index (κ1) is 28.7. The van der Waals surface area contributed by atoms with Gasteiger partial charge in [0, 0.05) is 21.7 Å². The Balaban J connectivity index is 1.12. The molecule has 12 rings (SSSR count). The topological polar surface area (TPSA) is 13.1 Å². The predicted octanol–water partition coefficient (Wildman–Crippen LogP) is 15.0. The zero-order valence-corrected chi connectivity index (χ0v) is 28.7. The highest BCUT2D eigenvalue weighted by atomic mass is 16.3. The zero-order valence-electron chi connectivity index (χ0n) is 28.7. The highest BCUT2D eigenvalue weighted by molar-refractivity contribution is 6.39. The molecule has 0 radical (unpaired) electrons. The van der Waals surface area contributed by atoms with Crippen LogP contribution in [0.2, 0.25) is 0 Å². The molecule has 244 valence electrons. The maximum atomic E-state index is 6.80. The van der Waals surface area contributed by atoms with E-state index in [1.54, 1.807) is 0 Å². The van der Waals surface area contributed by atoms with Crippen LogP contribution in [0, 0.1) is 0 Å². The van der Waals surface area contributed by atoms with Gasteiger partial charge in [-0.05, 0) is 98.8 Å². The molecular weight excluding hydrogens is 641 g/mol. The normalized spacial score (nSPS) is 12.2. The Morgan fingerprint density at radius 1 is 0.245 bits per heavy atom. The Morgan fingerprint density at radius 3 is 1.38 bits per heavy atom. The van der Waals surface area contributed by atoms with E-state index in [1.165, 1.54) is 86.7 Å². The summed E-state index contributed by atoms with van der Waals surface area (Å²) >= 11 is 0. The molecule has 1 heterocycles. The monoisotopic (exact) mass is 670 g/mol. The van der Waals surface area contributed by atoms with E-state index in [2.05, 4.69) is 182 Å². The molecule has 0 aliphatic carbocycles. The largest absolute Gasteiger partial charge is 0.455 e. The quantitative estimate of drug-likeness (QED) is 0.167. The lowest BCUT2D eigenvalue weighted by Crippen LogP contribution is -1.90. The first-order chi connectivity index (χ1) is 26.3. The highest BCUT2D eigenvalue weighted by Gasteiger charge is 2.19. The first-order valence-corrected chi connectivity index (χ1v) is 18.3. The van der Waals surface area contributed by atoms with E-state index in [-0.39, 0.29) is 0 Å². The Labute approximate surface area is 304 Å². The average molecular weight is 671 g/mol. The van der Waals surface area contributed by atoms with Crippen molar-refractivity contribution in [3.05, 3.63) is 182 Å². The molecule has 0 saturated heterocycles. The van der Waals surface area contributed by atoms with E-state index in [0.29, 0.717) is 0 Å². The summed E-state index contributed by atoms with van der Waals surface area (Å²) in [6.07, 6.45) is 0. The van der Waals surface area contributed by atoms with Gasteiger partial charge in [-0.2, -0.15) is 0 Å². The molecule has 0 aliphatic heterocycles. The van der Waals surface area contributed by atoms with Gasteiger partial charge in [0.05, 0.1) is 0 Å². The van der Waals surface area contributed by atoms with Crippen LogP contribution in [0.25, 0.3) is 120 Å². The molecule has 0 amide bonds. The predicted molar refractivity (Wildman–Crippen MR) is 227 cm³/mol. The van der Waals surface area contributed by atoms with Gasteiger partial charge in [-0.15, -0.1) is 0 Å². The van der Waals surface area contributed by atoms with Crippen molar-refractivity contribution in [2.45, 2.75) is 0 Å². The van der Waals surface area contributed by atoms with E-state index in [4.69, 9.17) is 4.42 Å². The molecule has 0 spiro atoms. The molecule has 53 heavy (non-hydrogen) atoms. The van der Waals surface area contributed by atoms with E-state index < -0.39 is 0 Å². The highest BCUT2D eigenvalue weighted by Crippen LogP contribution is 2.46. The molecule has 0 unspecified atom stereocenters. The van der Waals surface area contributed by atoms with Gasteiger partial charge in [0.1, 0.15) is 11.2 Å². The van der Waals surface area contributed by atoms with Gasteiger partial charge >= 0.3 is 0 Å². The van der Waals surface area contributed by atoms with Crippen LogP contribution in [-0.4, -0.2) is 0 Å². The van der Waals surface area contributed by atoms with Gasteiger partial charge < -0.3 is 4.42 Å². The Morgan fingerprint density at radius 2 is 0.698 bits per heavy atom. The molecule has 12 aromatic rings. The summed E-state index contributed by atoms with van der Waals surface area (Å²) in [5.74, 6) is 0. The van der Waals surface area contributed by atoms with Gasteiger partial charge in [-0.1, -0.05) is 170 Å². The van der Waals surface area contributed by atoms with Crippen LogP contribution in [0.3, 0.4) is 0 Å². The zero-order chi connectivity index (χ0) is 34.6. The standard InChI is InChI=1S/C52H30O/c1-2-13-34-31(12-1)26-29-47-46-25-11-24-45(52(46)53-51(34)47)39-23-10-21-35-33(20-9-22-36(35)39)32-27-28-44-48(30-32)40-16-5-8-19-43(40)49-41-17-6-3-14-37(41)38-15-4-7-18-42(38)50(44)49/h1-30H. The molecule has 0 bridgehead atoms. The SMILES string of the molecule is c1ccc2c(c1)ccc1c3cccc(-c4cccc5c(-c6ccc7c(c6)c6ccccc6c6c8ccccc8c8ccccc8c76)cccc45)c3oc21. The fraction of sp³-hybridized carbons (Fsp3) is 0. The van der Waals surface area contributed by atoms with Crippen LogP contribution in [0.4, 0.5) is 0 Å². The maximum absolute atomic E-state index is 6.80. The van der Waals surface area contributed by atoms with Crippen molar-refractivity contribution >= 4 is 97.3 Å². The number of fused-ring (bicyclic) bond motifs is 17. The minimum atomic E-state index is 0.931. The second kappa shape index (κ2) is 10.8. The van der Waals surface area contributed by atoms with E-state index >= 15 is 0 Å². The van der Waals surface area contributed by atoms with Crippen molar-refractivity contribution < 1.29 is 4.42 Å². The average Bonchev–Trinajstić information content (AvgIpc) is 3.63. The Bertz CT molecular complexity index is 3510. The Kier molecular flexibility index (Phi) is 5.84. The molecule has 0 fully saturated rings. The molecule has 1 heteroatoms. The lowest BCUT2D eigenvalue weighted by atomic mass is 9.86. The van der Waals surface area contributed by atoms with Crippen LogP contribution in [0.1, 0.15) is 0 Å².